The fraction of sp³-hybridized carbons (Fsp3) is 0.0909. The van der Waals surface area contributed by atoms with Crippen LogP contribution in [0.3, 0.4) is 0 Å². The lowest BCUT2D eigenvalue weighted by Gasteiger charge is -2.14. The molecule has 0 radical (unpaired) electrons. The van der Waals surface area contributed by atoms with E-state index in [-0.39, 0.29) is 24.9 Å². The van der Waals surface area contributed by atoms with Gasteiger partial charge in [-0.2, -0.15) is 5.26 Å². The molecule has 8 heteroatoms. The van der Waals surface area contributed by atoms with Crippen molar-refractivity contribution < 1.29 is 9.59 Å². The maximum absolute atomic E-state index is 12.4. The highest BCUT2D eigenvalue weighted by Crippen LogP contribution is 2.18. The average molecular weight is 420 g/mol. The molecule has 0 atom stereocenters. The number of benzene rings is 2. The molecule has 3 rings (SSSR count). The van der Waals surface area contributed by atoms with Gasteiger partial charge in [-0.1, -0.05) is 23.7 Å². The molecule has 30 heavy (non-hydrogen) atoms. The predicted molar refractivity (Wildman–Crippen MR) is 115 cm³/mol. The van der Waals surface area contributed by atoms with Crippen LogP contribution in [0.5, 0.6) is 0 Å². The normalized spacial score (nSPS) is 10.0. The van der Waals surface area contributed by atoms with Gasteiger partial charge in [-0.3, -0.25) is 14.6 Å². The van der Waals surface area contributed by atoms with Gasteiger partial charge >= 0.3 is 0 Å². The zero-order valence-corrected chi connectivity index (χ0v) is 16.6. The number of halogens is 1. The molecule has 0 aliphatic heterocycles. The van der Waals surface area contributed by atoms with Crippen LogP contribution in [0.15, 0.2) is 67.0 Å². The van der Waals surface area contributed by atoms with Crippen molar-refractivity contribution in [2.75, 3.05) is 17.2 Å². The van der Waals surface area contributed by atoms with E-state index in [0.29, 0.717) is 27.5 Å². The van der Waals surface area contributed by atoms with E-state index in [1.807, 2.05) is 0 Å². The van der Waals surface area contributed by atoms with Gasteiger partial charge in [0.05, 0.1) is 30.1 Å². The fourth-order valence-electron chi connectivity index (χ4n) is 2.69. The zero-order valence-electron chi connectivity index (χ0n) is 15.9. The largest absolute Gasteiger partial charge is 0.376 e. The number of anilines is 2. The minimum absolute atomic E-state index is 0.0149. The Bertz CT molecular complexity index is 1100. The highest BCUT2D eigenvalue weighted by Gasteiger charge is 2.10. The first-order valence-electron chi connectivity index (χ1n) is 9.05. The number of aromatic nitrogens is 1. The van der Waals surface area contributed by atoms with Gasteiger partial charge in [0.1, 0.15) is 0 Å². The summed E-state index contributed by atoms with van der Waals surface area (Å²) in [5.74, 6) is -0.540. The minimum Gasteiger partial charge on any atom is -0.376 e. The lowest BCUT2D eigenvalue weighted by molar-refractivity contribution is -0.114. The Morgan fingerprint density at radius 2 is 1.97 bits per heavy atom. The second-order valence-electron chi connectivity index (χ2n) is 6.32. The molecule has 0 fully saturated rings. The van der Waals surface area contributed by atoms with Crippen molar-refractivity contribution >= 4 is 34.8 Å². The number of carbonyl (C=O) groups is 2. The van der Waals surface area contributed by atoms with Crippen molar-refractivity contribution in [1.82, 2.24) is 10.3 Å². The molecule has 1 heterocycles. The third-order valence-electron chi connectivity index (χ3n) is 4.15. The molecule has 0 bridgehead atoms. The number of rotatable bonds is 7. The molecule has 3 aromatic rings. The van der Waals surface area contributed by atoms with E-state index in [1.54, 1.807) is 67.0 Å². The zero-order chi connectivity index (χ0) is 21.3. The molecular formula is C22H18ClN5O2. The minimum atomic E-state index is -0.276. The molecule has 2 aromatic carbocycles. The van der Waals surface area contributed by atoms with Crippen molar-refractivity contribution in [3.8, 4) is 6.07 Å². The van der Waals surface area contributed by atoms with E-state index in [4.69, 9.17) is 11.6 Å². The Balaban J connectivity index is 1.65. The Kier molecular flexibility index (Phi) is 6.98. The molecule has 1 aromatic heterocycles. The van der Waals surface area contributed by atoms with Gasteiger partial charge in [-0.05, 0) is 48.0 Å². The van der Waals surface area contributed by atoms with Gasteiger partial charge in [-0.15, -0.1) is 0 Å². The first-order valence-corrected chi connectivity index (χ1v) is 9.43. The standard InChI is InChI=1S/C22H18ClN5O2/c23-18-4-1-3-16(10-18)22(30)27-12-17-7-6-15(11-24)9-20(17)26-14-21(29)28-19-5-2-8-25-13-19/h1-10,13,26H,12,14H2,(H,27,30)(H,28,29). The smallest absolute Gasteiger partial charge is 0.251 e. The molecule has 0 unspecified atom stereocenters. The molecule has 3 N–H and O–H groups in total. The van der Waals surface area contributed by atoms with E-state index in [1.165, 1.54) is 0 Å². The van der Waals surface area contributed by atoms with Crippen LogP contribution >= 0.6 is 11.6 Å². The number of pyridine rings is 1. The predicted octanol–water partition coefficient (Wildman–Crippen LogP) is 3.59. The van der Waals surface area contributed by atoms with Crippen molar-refractivity contribution in [2.45, 2.75) is 6.54 Å². The topological polar surface area (TPSA) is 107 Å². The van der Waals surface area contributed by atoms with Gasteiger partial charge in [0.2, 0.25) is 5.91 Å². The van der Waals surface area contributed by atoms with Crippen molar-refractivity contribution in [3.05, 3.63) is 88.7 Å². The Labute approximate surface area is 178 Å². The highest BCUT2D eigenvalue weighted by molar-refractivity contribution is 6.30. The third kappa shape index (κ3) is 5.80. The van der Waals surface area contributed by atoms with E-state index in [9.17, 15) is 14.9 Å². The second-order valence-corrected chi connectivity index (χ2v) is 6.76. The number of nitriles is 1. The van der Waals surface area contributed by atoms with Crippen LogP contribution in [-0.4, -0.2) is 23.3 Å². The Morgan fingerprint density at radius 1 is 1.10 bits per heavy atom. The lowest BCUT2D eigenvalue weighted by atomic mass is 10.1. The molecular weight excluding hydrogens is 402 g/mol. The molecule has 2 amide bonds. The van der Waals surface area contributed by atoms with Crippen LogP contribution in [0.4, 0.5) is 11.4 Å². The maximum Gasteiger partial charge on any atom is 0.251 e. The Morgan fingerprint density at radius 3 is 2.70 bits per heavy atom. The van der Waals surface area contributed by atoms with Gasteiger partial charge in [0, 0.05) is 29.0 Å². The van der Waals surface area contributed by atoms with Crippen molar-refractivity contribution in [1.29, 1.82) is 5.26 Å². The van der Waals surface area contributed by atoms with Crippen LogP contribution in [0, 0.1) is 11.3 Å². The first-order chi connectivity index (χ1) is 14.5. The number of nitrogens with one attached hydrogen (secondary N) is 3. The SMILES string of the molecule is N#Cc1ccc(CNC(=O)c2cccc(Cl)c2)c(NCC(=O)Nc2cccnc2)c1. The summed E-state index contributed by atoms with van der Waals surface area (Å²) < 4.78 is 0. The molecule has 0 aliphatic rings. The summed E-state index contributed by atoms with van der Waals surface area (Å²) in [6.07, 6.45) is 3.16. The monoisotopic (exact) mass is 419 g/mol. The third-order valence-corrected chi connectivity index (χ3v) is 4.38. The maximum atomic E-state index is 12.4. The number of carbonyl (C=O) groups excluding carboxylic acids is 2. The molecule has 7 nitrogen and oxygen atoms in total. The van der Waals surface area contributed by atoms with Crippen LogP contribution in [0.2, 0.25) is 5.02 Å². The average Bonchev–Trinajstić information content (AvgIpc) is 2.77. The first kappa shape index (κ1) is 20.8. The second kappa shape index (κ2) is 10.0. The molecule has 0 aliphatic carbocycles. The highest BCUT2D eigenvalue weighted by atomic mass is 35.5. The van der Waals surface area contributed by atoms with Crippen LogP contribution in [0.25, 0.3) is 0 Å². The summed E-state index contributed by atoms with van der Waals surface area (Å²) in [6.45, 7) is 0.197. The molecule has 0 saturated heterocycles. The van der Waals surface area contributed by atoms with Gasteiger partial charge in [0.25, 0.3) is 5.91 Å². The number of amides is 2. The number of hydrogen-bond acceptors (Lipinski definition) is 5. The molecule has 0 saturated carbocycles. The van der Waals surface area contributed by atoms with Gasteiger partial charge in [-0.25, -0.2) is 0 Å². The summed E-state index contributed by atoms with van der Waals surface area (Å²) in [5.41, 5.74) is 2.79. The summed E-state index contributed by atoms with van der Waals surface area (Å²) in [7, 11) is 0. The van der Waals surface area contributed by atoms with E-state index >= 15 is 0 Å². The van der Waals surface area contributed by atoms with Gasteiger partial charge in [0.15, 0.2) is 0 Å². The van der Waals surface area contributed by atoms with Crippen LogP contribution < -0.4 is 16.0 Å². The Hall–Kier alpha value is -3.89. The van der Waals surface area contributed by atoms with E-state index < -0.39 is 0 Å². The summed E-state index contributed by atoms with van der Waals surface area (Å²) in [6, 6.07) is 17.2. The van der Waals surface area contributed by atoms with Crippen LogP contribution in [-0.2, 0) is 11.3 Å². The van der Waals surface area contributed by atoms with Crippen LogP contribution in [0.1, 0.15) is 21.5 Å². The quantitative estimate of drug-likeness (QED) is 0.542. The summed E-state index contributed by atoms with van der Waals surface area (Å²) >= 11 is 5.93. The van der Waals surface area contributed by atoms with Crippen molar-refractivity contribution in [2.24, 2.45) is 0 Å². The van der Waals surface area contributed by atoms with Gasteiger partial charge < -0.3 is 16.0 Å². The number of hydrogen-bond donors (Lipinski definition) is 3. The summed E-state index contributed by atoms with van der Waals surface area (Å²) in [4.78, 5) is 28.5. The van der Waals surface area contributed by atoms with E-state index in [0.717, 1.165) is 5.56 Å². The van der Waals surface area contributed by atoms with Crippen molar-refractivity contribution in [3.63, 3.8) is 0 Å². The molecule has 150 valence electrons. The fourth-order valence-corrected chi connectivity index (χ4v) is 2.88. The summed E-state index contributed by atoms with van der Waals surface area (Å²) in [5, 5.41) is 18.2. The molecule has 0 spiro atoms. The van der Waals surface area contributed by atoms with E-state index in [2.05, 4.69) is 27.0 Å². The lowest BCUT2D eigenvalue weighted by Crippen LogP contribution is -2.25. The number of nitrogens with zero attached hydrogens (tertiary/aromatic N) is 2.